The van der Waals surface area contributed by atoms with Crippen LogP contribution in [-0.4, -0.2) is 40.9 Å². The van der Waals surface area contributed by atoms with E-state index in [1.54, 1.807) is 12.1 Å². The number of amides is 2. The molecular formula is C13H14N2O4. The average molecular weight is 262 g/mol. The lowest BCUT2D eigenvalue weighted by molar-refractivity contribution is -0.136. The molecule has 1 heterocycles. The zero-order chi connectivity index (χ0) is 13.8. The number of nitrogens with one attached hydrogen (secondary N) is 1. The monoisotopic (exact) mass is 262 g/mol. The molecule has 0 fully saturated rings. The van der Waals surface area contributed by atoms with Gasteiger partial charge in [-0.15, -0.1) is 0 Å². The minimum absolute atomic E-state index is 0.0485. The Morgan fingerprint density at radius 1 is 1.32 bits per heavy atom. The van der Waals surface area contributed by atoms with Gasteiger partial charge in [0.2, 0.25) is 5.91 Å². The summed E-state index contributed by atoms with van der Waals surface area (Å²) in [6.07, 6.45) is -0.125. The van der Waals surface area contributed by atoms with E-state index in [1.165, 1.54) is 4.90 Å². The third-order valence-corrected chi connectivity index (χ3v) is 2.89. The quantitative estimate of drug-likeness (QED) is 0.795. The van der Waals surface area contributed by atoms with Crippen molar-refractivity contribution in [2.45, 2.75) is 13.0 Å². The van der Waals surface area contributed by atoms with E-state index < -0.39 is 5.97 Å². The molecule has 2 N–H and O–H groups in total. The summed E-state index contributed by atoms with van der Waals surface area (Å²) in [4.78, 5) is 35.3. The molecule has 0 spiro atoms. The zero-order valence-corrected chi connectivity index (χ0v) is 10.3. The number of carbonyl (C=O) groups excluding carboxylic acids is 2. The molecule has 0 saturated heterocycles. The second-order valence-electron chi connectivity index (χ2n) is 4.31. The van der Waals surface area contributed by atoms with E-state index >= 15 is 0 Å². The van der Waals surface area contributed by atoms with Gasteiger partial charge in [0.15, 0.2) is 0 Å². The van der Waals surface area contributed by atoms with Gasteiger partial charge in [-0.3, -0.25) is 14.4 Å². The molecule has 19 heavy (non-hydrogen) atoms. The number of aliphatic carboxylic acids is 1. The molecular weight excluding hydrogens is 248 g/mol. The summed E-state index contributed by atoms with van der Waals surface area (Å²) in [6.45, 7) is 0.442. The van der Waals surface area contributed by atoms with Crippen LogP contribution < -0.4 is 5.32 Å². The third-order valence-electron chi connectivity index (χ3n) is 2.89. The Morgan fingerprint density at radius 2 is 2.05 bits per heavy atom. The molecule has 0 aromatic heterocycles. The second-order valence-corrected chi connectivity index (χ2v) is 4.31. The molecule has 6 heteroatoms. The molecule has 0 aliphatic carbocycles. The molecule has 2 amide bonds. The first kappa shape index (κ1) is 13.1. The molecule has 0 unspecified atom stereocenters. The first-order valence-corrected chi connectivity index (χ1v) is 5.93. The van der Waals surface area contributed by atoms with Crippen LogP contribution in [0.5, 0.6) is 0 Å². The van der Waals surface area contributed by atoms with Crippen LogP contribution in [0.2, 0.25) is 0 Å². The molecule has 0 bridgehead atoms. The standard InChI is InChI=1S/C13H14N2O4/c16-11(14-6-5-12(17)18)8-15-7-9-3-1-2-4-10(9)13(15)19/h1-4H,5-8H2,(H,14,16)(H,17,18). The smallest absolute Gasteiger partial charge is 0.305 e. The fraction of sp³-hybridized carbons (Fsp3) is 0.308. The fourth-order valence-corrected chi connectivity index (χ4v) is 1.98. The summed E-state index contributed by atoms with van der Waals surface area (Å²) in [6, 6.07) is 7.23. The van der Waals surface area contributed by atoms with Crippen molar-refractivity contribution in [1.82, 2.24) is 10.2 Å². The molecule has 1 aliphatic rings. The number of rotatable bonds is 5. The van der Waals surface area contributed by atoms with Crippen molar-refractivity contribution < 1.29 is 19.5 Å². The number of hydrogen-bond acceptors (Lipinski definition) is 3. The van der Waals surface area contributed by atoms with Crippen molar-refractivity contribution in [2.75, 3.05) is 13.1 Å². The van der Waals surface area contributed by atoms with Crippen LogP contribution in [0.4, 0.5) is 0 Å². The van der Waals surface area contributed by atoms with Crippen molar-refractivity contribution in [3.63, 3.8) is 0 Å². The van der Waals surface area contributed by atoms with Gasteiger partial charge in [0.25, 0.3) is 5.91 Å². The number of carboxylic acid groups (broad SMARTS) is 1. The summed E-state index contributed by atoms with van der Waals surface area (Å²) < 4.78 is 0. The van der Waals surface area contributed by atoms with Gasteiger partial charge in [-0.25, -0.2) is 0 Å². The highest BCUT2D eigenvalue weighted by atomic mass is 16.4. The normalized spacial score (nSPS) is 13.3. The Kier molecular flexibility index (Phi) is 3.79. The Balaban J connectivity index is 1.87. The first-order valence-electron chi connectivity index (χ1n) is 5.93. The van der Waals surface area contributed by atoms with Gasteiger partial charge in [-0.2, -0.15) is 0 Å². The van der Waals surface area contributed by atoms with Gasteiger partial charge in [-0.05, 0) is 11.6 Å². The minimum atomic E-state index is -0.968. The van der Waals surface area contributed by atoms with Crippen molar-refractivity contribution in [3.05, 3.63) is 35.4 Å². The van der Waals surface area contributed by atoms with Gasteiger partial charge in [0.05, 0.1) is 6.42 Å². The van der Waals surface area contributed by atoms with Crippen LogP contribution in [0.3, 0.4) is 0 Å². The lowest BCUT2D eigenvalue weighted by atomic mass is 10.1. The van der Waals surface area contributed by atoms with Crippen molar-refractivity contribution in [2.24, 2.45) is 0 Å². The molecule has 0 atom stereocenters. The Morgan fingerprint density at radius 3 is 2.74 bits per heavy atom. The summed E-state index contributed by atoms with van der Waals surface area (Å²) in [5.41, 5.74) is 1.53. The van der Waals surface area contributed by atoms with E-state index in [9.17, 15) is 14.4 Å². The first-order chi connectivity index (χ1) is 9.08. The zero-order valence-electron chi connectivity index (χ0n) is 10.3. The number of fused-ring (bicyclic) bond motifs is 1. The van der Waals surface area contributed by atoms with Crippen molar-refractivity contribution >= 4 is 17.8 Å². The Bertz CT molecular complexity index is 527. The van der Waals surface area contributed by atoms with Gasteiger partial charge in [0.1, 0.15) is 6.54 Å². The van der Waals surface area contributed by atoms with Crippen LogP contribution in [-0.2, 0) is 16.1 Å². The molecule has 0 saturated carbocycles. The van der Waals surface area contributed by atoms with Crippen molar-refractivity contribution in [3.8, 4) is 0 Å². The fourth-order valence-electron chi connectivity index (χ4n) is 1.98. The van der Waals surface area contributed by atoms with Crippen LogP contribution in [0.25, 0.3) is 0 Å². The van der Waals surface area contributed by atoms with Crippen LogP contribution >= 0.6 is 0 Å². The van der Waals surface area contributed by atoms with Gasteiger partial charge < -0.3 is 15.3 Å². The van der Waals surface area contributed by atoms with Crippen LogP contribution in [0, 0.1) is 0 Å². The minimum Gasteiger partial charge on any atom is -0.481 e. The number of nitrogens with zero attached hydrogens (tertiary/aromatic N) is 1. The van der Waals surface area contributed by atoms with E-state index in [4.69, 9.17) is 5.11 Å². The number of hydrogen-bond donors (Lipinski definition) is 2. The highest BCUT2D eigenvalue weighted by Gasteiger charge is 2.27. The summed E-state index contributed by atoms with van der Waals surface area (Å²) in [5, 5.41) is 10.9. The molecule has 6 nitrogen and oxygen atoms in total. The summed E-state index contributed by atoms with van der Waals surface area (Å²) in [7, 11) is 0. The van der Waals surface area contributed by atoms with Gasteiger partial charge in [0, 0.05) is 18.7 Å². The largest absolute Gasteiger partial charge is 0.481 e. The molecule has 0 radical (unpaired) electrons. The number of carboxylic acids is 1. The maximum atomic E-state index is 12.0. The number of carbonyl (C=O) groups is 3. The maximum Gasteiger partial charge on any atom is 0.305 e. The topological polar surface area (TPSA) is 86.7 Å². The molecule has 2 rings (SSSR count). The third kappa shape index (κ3) is 3.09. The van der Waals surface area contributed by atoms with E-state index in [-0.39, 0.29) is 31.3 Å². The average Bonchev–Trinajstić information content (AvgIpc) is 2.66. The summed E-state index contributed by atoms with van der Waals surface area (Å²) >= 11 is 0. The van der Waals surface area contributed by atoms with Crippen LogP contribution in [0.1, 0.15) is 22.3 Å². The predicted molar refractivity (Wildman–Crippen MR) is 66.4 cm³/mol. The van der Waals surface area contributed by atoms with E-state index in [2.05, 4.69) is 5.32 Å². The molecule has 1 aromatic carbocycles. The molecule has 100 valence electrons. The maximum absolute atomic E-state index is 12.0. The Hall–Kier alpha value is -2.37. The highest BCUT2D eigenvalue weighted by molar-refractivity contribution is 6.00. The lowest BCUT2D eigenvalue weighted by Crippen LogP contribution is -2.38. The van der Waals surface area contributed by atoms with Crippen molar-refractivity contribution in [1.29, 1.82) is 0 Å². The van der Waals surface area contributed by atoms with Gasteiger partial charge >= 0.3 is 5.97 Å². The van der Waals surface area contributed by atoms with Crippen LogP contribution in [0.15, 0.2) is 24.3 Å². The van der Waals surface area contributed by atoms with E-state index in [1.807, 2.05) is 12.1 Å². The summed E-state index contributed by atoms with van der Waals surface area (Å²) in [5.74, 6) is -1.48. The van der Waals surface area contributed by atoms with E-state index in [0.29, 0.717) is 12.1 Å². The Labute approximate surface area is 110 Å². The predicted octanol–water partition coefficient (Wildman–Crippen LogP) is 0.233. The van der Waals surface area contributed by atoms with E-state index in [0.717, 1.165) is 5.56 Å². The highest BCUT2D eigenvalue weighted by Crippen LogP contribution is 2.21. The lowest BCUT2D eigenvalue weighted by Gasteiger charge is -2.14. The SMILES string of the molecule is O=C(O)CCNC(=O)CN1Cc2ccccc2C1=O. The molecule has 1 aliphatic heterocycles. The molecule has 1 aromatic rings. The second kappa shape index (κ2) is 5.51. The van der Waals surface area contributed by atoms with Gasteiger partial charge in [-0.1, -0.05) is 18.2 Å². The number of benzene rings is 1.